The normalized spacial score (nSPS) is 18.0. The maximum absolute atomic E-state index is 13.0. The van der Waals surface area contributed by atoms with Crippen molar-refractivity contribution in [2.75, 3.05) is 32.4 Å². The third-order valence-electron chi connectivity index (χ3n) is 7.44. The van der Waals surface area contributed by atoms with Crippen LogP contribution in [-0.2, 0) is 32.8 Å². The quantitative estimate of drug-likeness (QED) is 0.422. The highest BCUT2D eigenvalue weighted by Crippen LogP contribution is 2.33. The zero-order valence-electron chi connectivity index (χ0n) is 22.1. The summed E-state index contributed by atoms with van der Waals surface area (Å²) in [6, 6.07) is 12.3. The number of hydrogen-bond donors (Lipinski definition) is 2. The highest BCUT2D eigenvalue weighted by molar-refractivity contribution is 7.88. The molecule has 2 atom stereocenters. The number of carbonyl (C=O) groups excluding carboxylic acids is 2. The Morgan fingerprint density at radius 2 is 1.74 bits per heavy atom. The van der Waals surface area contributed by atoms with Gasteiger partial charge < -0.3 is 20.5 Å². The molecule has 1 fully saturated rings. The van der Waals surface area contributed by atoms with Crippen LogP contribution in [0.1, 0.15) is 52.9 Å². The molecule has 2 heterocycles. The fourth-order valence-electron chi connectivity index (χ4n) is 5.11. The van der Waals surface area contributed by atoms with Crippen molar-refractivity contribution in [3.8, 4) is 5.75 Å². The molecule has 39 heavy (non-hydrogen) atoms. The number of carboxylic acid groups (broad SMARTS) is 1. The molecule has 3 N–H and O–H groups in total. The molecule has 0 radical (unpaired) electrons. The largest absolute Gasteiger partial charge is 0.489 e. The molecule has 0 aliphatic carbocycles. The smallest absolute Gasteiger partial charge is 0.303 e. The fraction of sp³-hybridized carbons (Fsp3) is 0.444. The Hall–Kier alpha value is -3.48. The predicted octanol–water partition coefficient (Wildman–Crippen LogP) is 1.58. The van der Waals surface area contributed by atoms with Crippen LogP contribution in [0.15, 0.2) is 42.5 Å². The molecule has 210 valence electrons. The van der Waals surface area contributed by atoms with Gasteiger partial charge in [0.1, 0.15) is 18.4 Å². The lowest BCUT2D eigenvalue weighted by molar-refractivity contribution is -0.137. The van der Waals surface area contributed by atoms with E-state index in [2.05, 4.69) is 11.8 Å². The number of benzene rings is 2. The van der Waals surface area contributed by atoms with E-state index in [-0.39, 0.29) is 37.9 Å². The summed E-state index contributed by atoms with van der Waals surface area (Å²) < 4.78 is 31.1. The zero-order chi connectivity index (χ0) is 28.3. The number of nitrogens with two attached hydrogens (primary N) is 1. The standard InChI is InChI=1S/C27H34N4O7S/c1-18(29-12-14-30(15-13-29)39(2,36)37)20-8-6-19(7-9-20)17-38-24-5-3-4-21-22(24)16-31(27(21)35)23(26(28)34)10-11-25(32)33/h3-9,18,23H,10-17H2,1-2H3,(H2,28,34)(H,32,33)/t18-,23?/m1/s1. The van der Waals surface area contributed by atoms with E-state index >= 15 is 0 Å². The molecule has 2 aliphatic heterocycles. The Kier molecular flexibility index (Phi) is 8.57. The number of carbonyl (C=O) groups is 3. The van der Waals surface area contributed by atoms with Gasteiger partial charge in [0.25, 0.3) is 5.91 Å². The van der Waals surface area contributed by atoms with E-state index in [0.29, 0.717) is 43.1 Å². The minimum Gasteiger partial charge on any atom is -0.489 e. The first-order valence-electron chi connectivity index (χ1n) is 12.8. The summed E-state index contributed by atoms with van der Waals surface area (Å²) in [6.07, 6.45) is 0.909. The van der Waals surface area contributed by atoms with Crippen molar-refractivity contribution in [2.45, 2.75) is 45.0 Å². The molecule has 0 bridgehead atoms. The van der Waals surface area contributed by atoms with Crippen LogP contribution in [0.25, 0.3) is 0 Å². The number of hydrogen-bond acceptors (Lipinski definition) is 7. The van der Waals surface area contributed by atoms with Gasteiger partial charge in [-0.05, 0) is 36.6 Å². The molecule has 0 saturated carbocycles. The number of ether oxygens (including phenoxy) is 1. The lowest BCUT2D eigenvalue weighted by atomic mass is 10.0. The minimum atomic E-state index is -3.17. The van der Waals surface area contributed by atoms with Gasteiger partial charge in [0.15, 0.2) is 0 Å². The van der Waals surface area contributed by atoms with Crippen LogP contribution >= 0.6 is 0 Å². The predicted molar refractivity (Wildman–Crippen MR) is 143 cm³/mol. The number of aliphatic carboxylic acids is 1. The SMILES string of the molecule is C[C@H](c1ccc(COc2cccc3c2CN(C(CCC(=O)O)C(N)=O)C3=O)cc1)N1CCN(S(C)(=O)=O)CC1. The number of sulfonamides is 1. The Balaban J connectivity index is 1.38. The van der Waals surface area contributed by atoms with Crippen LogP contribution in [0.3, 0.4) is 0 Å². The maximum Gasteiger partial charge on any atom is 0.303 e. The van der Waals surface area contributed by atoms with Crippen LogP contribution in [0, 0.1) is 0 Å². The second-order valence-electron chi connectivity index (χ2n) is 9.97. The molecular weight excluding hydrogens is 524 g/mol. The molecule has 2 aromatic carbocycles. The van der Waals surface area contributed by atoms with Gasteiger partial charge in [0, 0.05) is 49.8 Å². The molecule has 0 aromatic heterocycles. The number of primary amides is 1. The van der Waals surface area contributed by atoms with Crippen LogP contribution in [-0.4, -0.2) is 83.9 Å². The second kappa shape index (κ2) is 11.7. The molecule has 2 aromatic rings. The Morgan fingerprint density at radius 1 is 1.08 bits per heavy atom. The number of amides is 2. The summed E-state index contributed by atoms with van der Waals surface area (Å²) in [7, 11) is -3.17. The summed E-state index contributed by atoms with van der Waals surface area (Å²) in [5.41, 5.74) is 8.59. The number of carboxylic acids is 1. The lowest BCUT2D eigenvalue weighted by Gasteiger charge is -2.37. The number of fused-ring (bicyclic) bond motifs is 1. The maximum atomic E-state index is 13.0. The minimum absolute atomic E-state index is 0.0568. The molecule has 1 unspecified atom stereocenters. The van der Waals surface area contributed by atoms with Crippen LogP contribution in [0.2, 0.25) is 0 Å². The monoisotopic (exact) mass is 558 g/mol. The molecule has 12 heteroatoms. The summed E-state index contributed by atoms with van der Waals surface area (Å²) in [4.78, 5) is 39.6. The average Bonchev–Trinajstić information content (AvgIpc) is 3.23. The fourth-order valence-corrected chi connectivity index (χ4v) is 5.94. The van der Waals surface area contributed by atoms with Crippen LogP contribution in [0.4, 0.5) is 0 Å². The van der Waals surface area contributed by atoms with Gasteiger partial charge in [0.2, 0.25) is 15.9 Å². The summed E-state index contributed by atoms with van der Waals surface area (Å²) in [5.74, 6) is -1.66. The Labute approximate surface area is 228 Å². The molecule has 2 aliphatic rings. The first-order valence-corrected chi connectivity index (χ1v) is 14.7. The number of piperazine rings is 1. The van der Waals surface area contributed by atoms with Gasteiger partial charge in [-0.15, -0.1) is 0 Å². The molecule has 4 rings (SSSR count). The first-order chi connectivity index (χ1) is 18.5. The molecule has 2 amide bonds. The highest BCUT2D eigenvalue weighted by atomic mass is 32.2. The van der Waals surface area contributed by atoms with Crippen molar-refractivity contribution >= 4 is 27.8 Å². The van der Waals surface area contributed by atoms with Gasteiger partial charge in [-0.2, -0.15) is 4.31 Å². The van der Waals surface area contributed by atoms with Crippen molar-refractivity contribution < 1.29 is 32.6 Å². The van der Waals surface area contributed by atoms with E-state index in [1.165, 1.54) is 15.5 Å². The summed E-state index contributed by atoms with van der Waals surface area (Å²) in [6.45, 7) is 4.78. The van der Waals surface area contributed by atoms with Crippen molar-refractivity contribution in [3.63, 3.8) is 0 Å². The van der Waals surface area contributed by atoms with Crippen molar-refractivity contribution in [3.05, 3.63) is 64.7 Å². The molecule has 0 spiro atoms. The zero-order valence-corrected chi connectivity index (χ0v) is 22.9. The van der Waals surface area contributed by atoms with Crippen molar-refractivity contribution in [1.29, 1.82) is 0 Å². The topological polar surface area (TPSA) is 151 Å². The first kappa shape index (κ1) is 28.5. The summed E-state index contributed by atoms with van der Waals surface area (Å²) >= 11 is 0. The third kappa shape index (κ3) is 6.57. The van der Waals surface area contributed by atoms with E-state index in [1.54, 1.807) is 18.2 Å². The van der Waals surface area contributed by atoms with Gasteiger partial charge in [-0.3, -0.25) is 19.3 Å². The van der Waals surface area contributed by atoms with E-state index in [9.17, 15) is 22.8 Å². The molecule has 11 nitrogen and oxygen atoms in total. The molecule has 1 saturated heterocycles. The van der Waals surface area contributed by atoms with Crippen LogP contribution < -0.4 is 10.5 Å². The van der Waals surface area contributed by atoms with E-state index in [4.69, 9.17) is 15.6 Å². The molecular formula is C27H34N4O7S. The number of rotatable bonds is 11. The van der Waals surface area contributed by atoms with Gasteiger partial charge in [0.05, 0.1) is 12.8 Å². The second-order valence-corrected chi connectivity index (χ2v) is 12.0. The third-order valence-corrected chi connectivity index (χ3v) is 8.74. The van der Waals surface area contributed by atoms with Gasteiger partial charge in [-0.1, -0.05) is 30.3 Å². The highest BCUT2D eigenvalue weighted by Gasteiger charge is 2.37. The van der Waals surface area contributed by atoms with Crippen molar-refractivity contribution in [2.24, 2.45) is 5.73 Å². The van der Waals surface area contributed by atoms with Crippen molar-refractivity contribution in [1.82, 2.24) is 14.1 Å². The Morgan fingerprint density at radius 3 is 2.33 bits per heavy atom. The van der Waals surface area contributed by atoms with E-state index in [1.807, 2.05) is 24.3 Å². The van der Waals surface area contributed by atoms with Gasteiger partial charge in [-0.25, -0.2) is 8.42 Å². The van der Waals surface area contributed by atoms with Crippen LogP contribution in [0.5, 0.6) is 5.75 Å². The van der Waals surface area contributed by atoms with E-state index in [0.717, 1.165) is 11.1 Å². The number of nitrogens with zero attached hydrogens (tertiary/aromatic N) is 3. The average molecular weight is 559 g/mol. The summed E-state index contributed by atoms with van der Waals surface area (Å²) in [5, 5.41) is 9.00. The van der Waals surface area contributed by atoms with E-state index < -0.39 is 27.9 Å². The lowest BCUT2D eigenvalue weighted by Crippen LogP contribution is -2.48. The van der Waals surface area contributed by atoms with Gasteiger partial charge >= 0.3 is 5.97 Å². The Bertz CT molecular complexity index is 1340.